The Bertz CT molecular complexity index is 1020. The van der Waals surface area contributed by atoms with Crippen molar-refractivity contribution >= 4 is 23.4 Å². The number of nitrogens with zero attached hydrogens (tertiary/aromatic N) is 1. The van der Waals surface area contributed by atoms with Crippen LogP contribution in [-0.4, -0.2) is 22.0 Å². The van der Waals surface area contributed by atoms with Crippen LogP contribution in [0.1, 0.15) is 105 Å². The van der Waals surface area contributed by atoms with E-state index >= 15 is 0 Å². The molecule has 6 heteroatoms. The summed E-state index contributed by atoms with van der Waals surface area (Å²) in [7, 11) is 0. The molecule has 0 saturated heterocycles. The van der Waals surface area contributed by atoms with E-state index in [1.54, 1.807) is 6.07 Å². The first kappa shape index (κ1) is 24.0. The van der Waals surface area contributed by atoms with Gasteiger partial charge in [0.15, 0.2) is 0 Å². The minimum absolute atomic E-state index is 0.0271. The molecular formula is C27H34ClNO4. The number of benzene rings is 1. The van der Waals surface area contributed by atoms with Gasteiger partial charge in [0.25, 0.3) is 0 Å². The number of hydrogen-bond donors (Lipinski definition) is 1. The molecule has 1 aromatic carbocycles. The van der Waals surface area contributed by atoms with Crippen molar-refractivity contribution in [3.8, 4) is 0 Å². The average Bonchev–Trinajstić information content (AvgIpc) is 3.44. The Kier molecular flexibility index (Phi) is 7.28. The smallest absolute Gasteiger partial charge is 0.304 e. The SMILES string of the molecule is Cc1ccc(Cl)c(CC(=O)CC(CC(=O)O)c2noc(C3CC(CC(C)C)C3)c2C2CC2)c1. The molecule has 2 fully saturated rings. The van der Waals surface area contributed by atoms with Crippen LogP contribution in [0, 0.1) is 18.8 Å². The Labute approximate surface area is 200 Å². The second-order valence-electron chi connectivity index (χ2n) is 10.6. The van der Waals surface area contributed by atoms with Gasteiger partial charge in [-0.3, -0.25) is 9.59 Å². The molecule has 2 aliphatic carbocycles. The molecule has 4 rings (SSSR count). The number of Topliss-reactive ketones (excluding diaryl/α,β-unsaturated/α-hetero) is 1. The van der Waals surface area contributed by atoms with Crippen molar-refractivity contribution < 1.29 is 19.2 Å². The van der Waals surface area contributed by atoms with Crippen LogP contribution in [0.5, 0.6) is 0 Å². The van der Waals surface area contributed by atoms with Gasteiger partial charge in [0.2, 0.25) is 0 Å². The molecule has 0 amide bonds. The van der Waals surface area contributed by atoms with E-state index < -0.39 is 11.9 Å². The predicted molar refractivity (Wildman–Crippen MR) is 128 cm³/mol. The molecule has 2 saturated carbocycles. The molecule has 0 spiro atoms. The fourth-order valence-electron chi connectivity index (χ4n) is 5.38. The zero-order valence-electron chi connectivity index (χ0n) is 19.8. The van der Waals surface area contributed by atoms with Crippen molar-refractivity contribution in [3.05, 3.63) is 51.4 Å². The molecule has 0 bridgehead atoms. The second kappa shape index (κ2) is 10.0. The number of aromatic nitrogens is 1. The van der Waals surface area contributed by atoms with Crippen LogP contribution < -0.4 is 0 Å². The van der Waals surface area contributed by atoms with Crippen molar-refractivity contribution in [2.24, 2.45) is 11.8 Å². The minimum atomic E-state index is -0.923. The van der Waals surface area contributed by atoms with Crippen molar-refractivity contribution in [2.75, 3.05) is 0 Å². The van der Waals surface area contributed by atoms with E-state index in [9.17, 15) is 14.7 Å². The van der Waals surface area contributed by atoms with Crippen LogP contribution in [0.25, 0.3) is 0 Å². The number of carbonyl (C=O) groups excluding carboxylic acids is 1. The molecule has 1 heterocycles. The summed E-state index contributed by atoms with van der Waals surface area (Å²) in [4.78, 5) is 24.7. The van der Waals surface area contributed by atoms with E-state index in [1.807, 2.05) is 19.1 Å². The monoisotopic (exact) mass is 471 g/mol. The van der Waals surface area contributed by atoms with E-state index in [-0.39, 0.29) is 25.0 Å². The normalized spacial score (nSPS) is 21.1. The lowest BCUT2D eigenvalue weighted by Crippen LogP contribution is -2.24. The maximum Gasteiger partial charge on any atom is 0.304 e. The molecule has 178 valence electrons. The van der Waals surface area contributed by atoms with Gasteiger partial charge in [-0.15, -0.1) is 0 Å². The zero-order valence-corrected chi connectivity index (χ0v) is 20.5. The van der Waals surface area contributed by atoms with Crippen molar-refractivity contribution in [3.63, 3.8) is 0 Å². The molecule has 1 N–H and O–H groups in total. The number of hydrogen-bond acceptors (Lipinski definition) is 4. The second-order valence-corrected chi connectivity index (χ2v) is 11.0. The first-order valence-electron chi connectivity index (χ1n) is 12.2. The topological polar surface area (TPSA) is 80.4 Å². The molecule has 2 aromatic rings. The number of carboxylic acids is 1. The average molecular weight is 472 g/mol. The van der Waals surface area contributed by atoms with Gasteiger partial charge in [-0.2, -0.15) is 0 Å². The first-order valence-corrected chi connectivity index (χ1v) is 12.6. The Morgan fingerprint density at radius 3 is 2.55 bits per heavy atom. The molecule has 1 atom stereocenters. The van der Waals surface area contributed by atoms with E-state index in [4.69, 9.17) is 16.1 Å². The molecule has 2 aliphatic rings. The Hall–Kier alpha value is -2.14. The standard InChI is InChI=1S/C27H34ClNO4/c1-15(2)8-17-10-21(11-17)27-25(18-5-6-18)26(29-33-27)20(14-24(31)32)13-22(30)12-19-9-16(3)4-7-23(19)28/h4,7,9,15,17-18,20-21H,5-6,8,10-14H2,1-3H3,(H,31,32). The van der Waals surface area contributed by atoms with Crippen LogP contribution in [0.15, 0.2) is 22.7 Å². The van der Waals surface area contributed by atoms with E-state index in [1.165, 1.54) is 6.42 Å². The van der Waals surface area contributed by atoms with Crippen molar-refractivity contribution in [1.82, 2.24) is 5.16 Å². The fourth-order valence-corrected chi connectivity index (χ4v) is 5.56. The molecule has 33 heavy (non-hydrogen) atoms. The van der Waals surface area contributed by atoms with Gasteiger partial charge < -0.3 is 9.63 Å². The van der Waals surface area contributed by atoms with Gasteiger partial charge >= 0.3 is 5.97 Å². The number of aliphatic carboxylic acids is 1. The first-order chi connectivity index (χ1) is 15.7. The number of carboxylic acid groups (broad SMARTS) is 1. The Morgan fingerprint density at radius 1 is 1.18 bits per heavy atom. The quantitative estimate of drug-likeness (QED) is 0.389. The third-order valence-corrected chi connectivity index (χ3v) is 7.42. The van der Waals surface area contributed by atoms with Crippen molar-refractivity contribution in [2.45, 2.75) is 89.9 Å². The maximum atomic E-state index is 13.0. The van der Waals surface area contributed by atoms with Gasteiger partial charge in [0, 0.05) is 35.3 Å². The summed E-state index contributed by atoms with van der Waals surface area (Å²) in [5.74, 6) is 1.72. The highest BCUT2D eigenvalue weighted by Gasteiger charge is 2.42. The van der Waals surface area contributed by atoms with Gasteiger partial charge in [-0.25, -0.2) is 0 Å². The lowest BCUT2D eigenvalue weighted by Gasteiger charge is -2.35. The van der Waals surface area contributed by atoms with Gasteiger partial charge in [0.1, 0.15) is 11.5 Å². The minimum Gasteiger partial charge on any atom is -0.481 e. The summed E-state index contributed by atoms with van der Waals surface area (Å²) in [6, 6.07) is 5.63. The summed E-state index contributed by atoms with van der Waals surface area (Å²) < 4.78 is 5.88. The number of halogens is 1. The maximum absolute atomic E-state index is 13.0. The molecule has 5 nitrogen and oxygen atoms in total. The number of aryl methyl sites for hydroxylation is 1. The predicted octanol–water partition coefficient (Wildman–Crippen LogP) is 6.81. The highest BCUT2D eigenvalue weighted by Crippen LogP contribution is 2.52. The van der Waals surface area contributed by atoms with E-state index in [2.05, 4.69) is 19.0 Å². The van der Waals surface area contributed by atoms with Crippen LogP contribution in [-0.2, 0) is 16.0 Å². The van der Waals surface area contributed by atoms with E-state index in [0.29, 0.717) is 28.5 Å². The lowest BCUT2D eigenvalue weighted by atomic mass is 9.69. The van der Waals surface area contributed by atoms with Gasteiger partial charge in [-0.1, -0.05) is 48.3 Å². The van der Waals surface area contributed by atoms with E-state index in [0.717, 1.165) is 54.1 Å². The van der Waals surface area contributed by atoms with Crippen molar-refractivity contribution in [1.29, 1.82) is 0 Å². The largest absolute Gasteiger partial charge is 0.481 e. The number of ketones is 1. The third kappa shape index (κ3) is 5.87. The number of carbonyl (C=O) groups is 2. The fraction of sp³-hybridized carbons (Fsp3) is 0.593. The Morgan fingerprint density at radius 2 is 1.91 bits per heavy atom. The molecule has 0 aliphatic heterocycles. The lowest BCUT2D eigenvalue weighted by molar-refractivity contribution is -0.137. The summed E-state index contributed by atoms with van der Waals surface area (Å²) in [5.41, 5.74) is 3.63. The van der Waals surface area contributed by atoms with Gasteiger partial charge in [-0.05, 0) is 68.4 Å². The molecule has 1 unspecified atom stereocenters. The van der Waals surface area contributed by atoms with Gasteiger partial charge in [0.05, 0.1) is 12.1 Å². The summed E-state index contributed by atoms with van der Waals surface area (Å²) in [5, 5.41) is 14.5. The Balaban J connectivity index is 1.52. The third-order valence-electron chi connectivity index (χ3n) is 7.05. The van der Waals surface area contributed by atoms with Crippen LogP contribution >= 0.6 is 11.6 Å². The molecule has 0 radical (unpaired) electrons. The zero-order chi connectivity index (χ0) is 23.7. The van der Waals surface area contributed by atoms with Crippen LogP contribution in [0.4, 0.5) is 0 Å². The number of rotatable bonds is 11. The van der Waals surface area contributed by atoms with Crippen LogP contribution in [0.2, 0.25) is 5.02 Å². The highest BCUT2D eigenvalue weighted by molar-refractivity contribution is 6.31. The molecule has 1 aromatic heterocycles. The highest BCUT2D eigenvalue weighted by atomic mass is 35.5. The summed E-state index contributed by atoms with van der Waals surface area (Å²) in [6.07, 6.45) is 5.81. The summed E-state index contributed by atoms with van der Waals surface area (Å²) in [6.45, 7) is 6.47. The molecular weight excluding hydrogens is 438 g/mol. The van der Waals surface area contributed by atoms with Crippen LogP contribution in [0.3, 0.4) is 0 Å². The summed E-state index contributed by atoms with van der Waals surface area (Å²) >= 11 is 6.28.